The lowest BCUT2D eigenvalue weighted by atomic mass is 9.74. The van der Waals surface area contributed by atoms with Crippen molar-refractivity contribution >= 4 is 0 Å². The average Bonchev–Trinajstić information content (AvgIpc) is 1.97. The molecule has 0 rings (SSSR count). The summed E-state index contributed by atoms with van der Waals surface area (Å²) >= 11 is 0. The molecule has 0 amide bonds. The van der Waals surface area contributed by atoms with Crippen LogP contribution in [0.5, 0.6) is 0 Å². The molecule has 12 heavy (non-hydrogen) atoms. The molecule has 0 aliphatic carbocycles. The Hall–Kier alpha value is 0. The number of rotatable bonds is 5. The zero-order valence-electron chi connectivity index (χ0n) is 9.48. The first kappa shape index (κ1) is 12.0. The van der Waals surface area contributed by atoms with Crippen LogP contribution in [0.4, 0.5) is 0 Å². The third kappa shape index (κ3) is 4.13. The third-order valence-electron chi connectivity index (χ3n) is 2.98. The van der Waals surface area contributed by atoms with Gasteiger partial charge in [-0.15, -0.1) is 0 Å². The fourth-order valence-electron chi connectivity index (χ4n) is 1.69. The molecule has 0 saturated heterocycles. The van der Waals surface area contributed by atoms with Gasteiger partial charge in [-0.25, -0.2) is 0 Å². The lowest BCUT2D eigenvalue weighted by molar-refractivity contribution is 0.221. The van der Waals surface area contributed by atoms with E-state index in [0.717, 1.165) is 11.8 Å². The first-order chi connectivity index (χ1) is 5.41. The van der Waals surface area contributed by atoms with Crippen LogP contribution in [0.25, 0.3) is 0 Å². The Labute approximate surface area is 78.8 Å². The molecule has 0 saturated carbocycles. The summed E-state index contributed by atoms with van der Waals surface area (Å²) in [5, 5.41) is 0. The van der Waals surface area contributed by atoms with Gasteiger partial charge in [0.2, 0.25) is 0 Å². The van der Waals surface area contributed by atoms with E-state index in [4.69, 9.17) is 0 Å². The molecule has 0 heterocycles. The second-order valence-electron chi connectivity index (χ2n) is 4.84. The van der Waals surface area contributed by atoms with Crippen molar-refractivity contribution in [2.24, 2.45) is 17.3 Å². The summed E-state index contributed by atoms with van der Waals surface area (Å²) in [6, 6.07) is 0. The van der Waals surface area contributed by atoms with Gasteiger partial charge < -0.3 is 0 Å². The Balaban J connectivity index is 4.00. The van der Waals surface area contributed by atoms with Crippen LogP contribution in [-0.4, -0.2) is 0 Å². The quantitative estimate of drug-likeness (QED) is 0.575. The number of hydrogen-bond acceptors (Lipinski definition) is 0. The minimum Gasteiger partial charge on any atom is -0.0651 e. The van der Waals surface area contributed by atoms with E-state index < -0.39 is 0 Å². The molecule has 0 aliphatic heterocycles. The Morgan fingerprint density at radius 3 is 1.92 bits per heavy atom. The molecule has 0 aliphatic rings. The maximum atomic E-state index is 4.23. The zero-order chi connectivity index (χ0) is 9.78. The van der Waals surface area contributed by atoms with Crippen molar-refractivity contribution in [1.82, 2.24) is 0 Å². The van der Waals surface area contributed by atoms with Crippen LogP contribution < -0.4 is 0 Å². The summed E-state index contributed by atoms with van der Waals surface area (Å²) < 4.78 is 0. The van der Waals surface area contributed by atoms with Crippen LogP contribution >= 0.6 is 0 Å². The molecule has 0 aromatic carbocycles. The van der Waals surface area contributed by atoms with E-state index in [9.17, 15) is 0 Å². The molecule has 2 unspecified atom stereocenters. The molecule has 0 aromatic heterocycles. The van der Waals surface area contributed by atoms with E-state index in [0.29, 0.717) is 0 Å². The lowest BCUT2D eigenvalue weighted by Crippen LogP contribution is -2.22. The van der Waals surface area contributed by atoms with Crippen molar-refractivity contribution in [3.05, 3.63) is 6.92 Å². The summed E-state index contributed by atoms with van der Waals surface area (Å²) in [6.45, 7) is 15.6. The van der Waals surface area contributed by atoms with Crippen LogP contribution in [0.3, 0.4) is 0 Å². The van der Waals surface area contributed by atoms with Crippen LogP contribution in [0.15, 0.2) is 0 Å². The van der Waals surface area contributed by atoms with Crippen LogP contribution in [0.1, 0.15) is 53.9 Å². The maximum absolute atomic E-state index is 4.23. The van der Waals surface area contributed by atoms with Crippen molar-refractivity contribution < 1.29 is 0 Å². The first-order valence-corrected chi connectivity index (χ1v) is 5.27. The predicted octanol–water partition coefficient (Wildman–Crippen LogP) is 4.31. The van der Waals surface area contributed by atoms with Crippen molar-refractivity contribution in [3.8, 4) is 0 Å². The second kappa shape index (κ2) is 4.89. The molecule has 0 fully saturated rings. The maximum Gasteiger partial charge on any atom is -0.0326 e. The van der Waals surface area contributed by atoms with E-state index in [1.54, 1.807) is 0 Å². The van der Waals surface area contributed by atoms with E-state index in [2.05, 4.69) is 41.5 Å². The molecule has 0 spiro atoms. The highest BCUT2D eigenvalue weighted by atomic mass is 14.3. The van der Waals surface area contributed by atoms with Gasteiger partial charge in [0, 0.05) is 0 Å². The fraction of sp³-hybridized carbons (Fsp3) is 0.917. The van der Waals surface area contributed by atoms with Crippen LogP contribution in [0, 0.1) is 24.2 Å². The molecule has 73 valence electrons. The molecule has 2 atom stereocenters. The van der Waals surface area contributed by atoms with Crippen molar-refractivity contribution in [2.45, 2.75) is 53.9 Å². The predicted molar refractivity (Wildman–Crippen MR) is 57.0 cm³/mol. The van der Waals surface area contributed by atoms with Crippen LogP contribution in [0.2, 0.25) is 0 Å². The van der Waals surface area contributed by atoms with Gasteiger partial charge in [-0.3, -0.25) is 0 Å². The van der Waals surface area contributed by atoms with Crippen LogP contribution in [-0.2, 0) is 0 Å². The van der Waals surface area contributed by atoms with Gasteiger partial charge in [-0.2, -0.15) is 0 Å². The highest BCUT2D eigenvalue weighted by Gasteiger charge is 2.23. The lowest BCUT2D eigenvalue weighted by Gasteiger charge is -2.31. The third-order valence-corrected chi connectivity index (χ3v) is 2.98. The summed E-state index contributed by atoms with van der Waals surface area (Å²) in [6.07, 6.45) is 3.90. The first-order valence-electron chi connectivity index (χ1n) is 5.27. The SMILES string of the molecule is [CH2]C(C)(C)C(CC)CC(C)CC. The van der Waals surface area contributed by atoms with Gasteiger partial charge in [-0.05, 0) is 30.6 Å². The van der Waals surface area contributed by atoms with E-state index in [1.807, 2.05) is 0 Å². The Morgan fingerprint density at radius 1 is 1.17 bits per heavy atom. The topological polar surface area (TPSA) is 0 Å². The van der Waals surface area contributed by atoms with Crippen molar-refractivity contribution in [3.63, 3.8) is 0 Å². The summed E-state index contributed by atoms with van der Waals surface area (Å²) in [4.78, 5) is 0. The number of hydrogen-bond donors (Lipinski definition) is 0. The van der Waals surface area contributed by atoms with Crippen molar-refractivity contribution in [2.75, 3.05) is 0 Å². The molecular weight excluding hydrogens is 144 g/mol. The largest absolute Gasteiger partial charge is 0.0651 e. The minimum atomic E-state index is 0.248. The Kier molecular flexibility index (Phi) is 4.89. The van der Waals surface area contributed by atoms with Gasteiger partial charge in [0.1, 0.15) is 0 Å². The van der Waals surface area contributed by atoms with E-state index in [1.165, 1.54) is 19.3 Å². The van der Waals surface area contributed by atoms with Gasteiger partial charge in [0.05, 0.1) is 0 Å². The smallest absolute Gasteiger partial charge is 0.0326 e. The summed E-state index contributed by atoms with van der Waals surface area (Å²) in [7, 11) is 0. The van der Waals surface area contributed by atoms with Gasteiger partial charge in [-0.1, -0.05) is 47.5 Å². The van der Waals surface area contributed by atoms with Gasteiger partial charge in [0.15, 0.2) is 0 Å². The molecular formula is C12H25. The fourth-order valence-corrected chi connectivity index (χ4v) is 1.69. The molecule has 0 N–H and O–H groups in total. The molecule has 0 heteroatoms. The van der Waals surface area contributed by atoms with Gasteiger partial charge in [0.25, 0.3) is 0 Å². The average molecular weight is 169 g/mol. The molecule has 0 bridgehead atoms. The van der Waals surface area contributed by atoms with Gasteiger partial charge >= 0.3 is 0 Å². The normalized spacial score (nSPS) is 17.5. The Bertz CT molecular complexity index is 108. The summed E-state index contributed by atoms with van der Waals surface area (Å²) in [5.74, 6) is 1.64. The zero-order valence-corrected chi connectivity index (χ0v) is 9.48. The molecule has 0 aromatic rings. The highest BCUT2D eigenvalue weighted by Crippen LogP contribution is 2.33. The minimum absolute atomic E-state index is 0.248. The van der Waals surface area contributed by atoms with Crippen molar-refractivity contribution in [1.29, 1.82) is 0 Å². The monoisotopic (exact) mass is 169 g/mol. The summed E-state index contributed by atoms with van der Waals surface area (Å²) in [5.41, 5.74) is 0.248. The van der Waals surface area contributed by atoms with E-state index in [-0.39, 0.29) is 5.41 Å². The second-order valence-corrected chi connectivity index (χ2v) is 4.84. The van der Waals surface area contributed by atoms with E-state index >= 15 is 0 Å². The molecule has 0 nitrogen and oxygen atoms in total. The Morgan fingerprint density at radius 2 is 1.67 bits per heavy atom. The highest BCUT2D eigenvalue weighted by molar-refractivity contribution is 4.80. The standard InChI is InChI=1S/C12H25/c1-7-10(3)9-11(8-2)12(4,5)6/h10-11H,4,7-9H2,1-3,5-6H3. The molecule has 1 radical (unpaired) electrons.